The van der Waals surface area contributed by atoms with E-state index in [9.17, 15) is 4.79 Å². The maximum absolute atomic E-state index is 12.6. The number of hydrogen-bond donors (Lipinski definition) is 1. The number of rotatable bonds is 5. The van der Waals surface area contributed by atoms with Crippen molar-refractivity contribution in [3.05, 3.63) is 52.4 Å². The van der Waals surface area contributed by atoms with Crippen LogP contribution in [0.25, 0.3) is 0 Å². The summed E-state index contributed by atoms with van der Waals surface area (Å²) in [5, 5.41) is 7.81. The molecule has 1 unspecified atom stereocenters. The summed E-state index contributed by atoms with van der Waals surface area (Å²) >= 11 is 11.4. The number of aryl methyl sites for hydroxylation is 1. The highest BCUT2D eigenvalue weighted by molar-refractivity contribution is 7.80. The van der Waals surface area contributed by atoms with Gasteiger partial charge in [-0.1, -0.05) is 41.1 Å². The third kappa shape index (κ3) is 4.58. The number of thiocarbonyl (C=S) groups is 1. The van der Waals surface area contributed by atoms with Crippen molar-refractivity contribution in [1.82, 2.24) is 15.4 Å². The molecule has 1 aliphatic heterocycles. The van der Waals surface area contributed by atoms with Crippen LogP contribution in [0.4, 0.5) is 0 Å². The van der Waals surface area contributed by atoms with Gasteiger partial charge in [0.05, 0.1) is 23.1 Å². The lowest BCUT2D eigenvalue weighted by Gasteiger charge is -2.25. The molecule has 1 amide bonds. The molecule has 0 bridgehead atoms. The van der Waals surface area contributed by atoms with Crippen LogP contribution in [0.1, 0.15) is 29.9 Å². The maximum atomic E-state index is 12.6. The van der Waals surface area contributed by atoms with Crippen molar-refractivity contribution in [1.29, 1.82) is 0 Å². The Morgan fingerprint density at radius 2 is 2.20 bits per heavy atom. The zero-order valence-electron chi connectivity index (χ0n) is 14.0. The SMILES string of the molecule is Cc1cc(CC(=O)N2CCCC2C(=S)NCc2ccc(Cl)cc2)on1. The first-order chi connectivity index (χ1) is 12.0. The maximum Gasteiger partial charge on any atom is 0.230 e. The van der Waals surface area contributed by atoms with Crippen molar-refractivity contribution in [3.63, 3.8) is 0 Å². The lowest BCUT2D eigenvalue weighted by atomic mass is 10.2. The number of carbonyl (C=O) groups excluding carboxylic acids is 1. The zero-order chi connectivity index (χ0) is 17.8. The molecular weight excluding hydrogens is 358 g/mol. The van der Waals surface area contributed by atoms with Gasteiger partial charge in [0.25, 0.3) is 0 Å². The van der Waals surface area contributed by atoms with E-state index >= 15 is 0 Å². The van der Waals surface area contributed by atoms with Gasteiger partial charge in [0.2, 0.25) is 5.91 Å². The van der Waals surface area contributed by atoms with E-state index in [4.69, 9.17) is 28.3 Å². The summed E-state index contributed by atoms with van der Waals surface area (Å²) in [4.78, 5) is 15.1. The van der Waals surface area contributed by atoms with Gasteiger partial charge in [0, 0.05) is 24.2 Å². The Morgan fingerprint density at radius 1 is 1.44 bits per heavy atom. The van der Waals surface area contributed by atoms with E-state index in [0.29, 0.717) is 22.3 Å². The molecule has 1 aliphatic rings. The van der Waals surface area contributed by atoms with Crippen LogP contribution in [0.15, 0.2) is 34.9 Å². The number of nitrogens with one attached hydrogen (secondary N) is 1. The average Bonchev–Trinajstić information content (AvgIpc) is 3.23. The van der Waals surface area contributed by atoms with Gasteiger partial charge in [-0.3, -0.25) is 4.79 Å². The Morgan fingerprint density at radius 3 is 2.88 bits per heavy atom. The van der Waals surface area contributed by atoms with Crippen LogP contribution in [0, 0.1) is 6.92 Å². The van der Waals surface area contributed by atoms with Crippen LogP contribution >= 0.6 is 23.8 Å². The molecule has 0 radical (unpaired) electrons. The molecule has 2 aromatic rings. The standard InChI is InChI=1S/C18H20ClN3O2S/c1-12-9-15(24-21-12)10-17(23)22-8-2-3-16(22)18(25)20-11-13-4-6-14(19)7-5-13/h4-7,9,16H,2-3,8,10-11H2,1H3,(H,20,25). The van der Waals surface area contributed by atoms with Gasteiger partial charge in [-0.05, 0) is 37.5 Å². The van der Waals surface area contributed by atoms with Crippen LogP contribution in [-0.4, -0.2) is 33.5 Å². The lowest BCUT2D eigenvalue weighted by Crippen LogP contribution is -2.45. The van der Waals surface area contributed by atoms with Crippen LogP contribution in [0.2, 0.25) is 5.02 Å². The van der Waals surface area contributed by atoms with E-state index in [2.05, 4.69) is 10.5 Å². The normalized spacial score (nSPS) is 16.9. The Kier molecular flexibility index (Phi) is 5.71. The number of benzene rings is 1. The second kappa shape index (κ2) is 7.97. The van der Waals surface area contributed by atoms with Crippen molar-refractivity contribution < 1.29 is 9.32 Å². The molecule has 1 atom stereocenters. The number of amides is 1. The predicted molar refractivity (Wildman–Crippen MR) is 101 cm³/mol. The molecule has 7 heteroatoms. The van der Waals surface area contributed by atoms with Crippen molar-refractivity contribution >= 4 is 34.7 Å². The first-order valence-electron chi connectivity index (χ1n) is 8.27. The summed E-state index contributed by atoms with van der Waals surface area (Å²) in [7, 11) is 0. The molecule has 1 aromatic heterocycles. The molecule has 3 rings (SSSR count). The molecule has 1 aromatic carbocycles. The summed E-state index contributed by atoms with van der Waals surface area (Å²) in [5.41, 5.74) is 1.88. The molecule has 0 spiro atoms. The summed E-state index contributed by atoms with van der Waals surface area (Å²) < 4.78 is 5.15. The highest BCUT2D eigenvalue weighted by atomic mass is 35.5. The van der Waals surface area contributed by atoms with Crippen molar-refractivity contribution in [2.75, 3.05) is 6.54 Å². The number of carbonyl (C=O) groups is 1. The van der Waals surface area contributed by atoms with Gasteiger partial charge < -0.3 is 14.7 Å². The fourth-order valence-electron chi connectivity index (χ4n) is 3.00. The number of aromatic nitrogens is 1. The van der Waals surface area contributed by atoms with Crippen LogP contribution < -0.4 is 5.32 Å². The Balaban J connectivity index is 1.57. The van der Waals surface area contributed by atoms with E-state index in [0.717, 1.165) is 30.6 Å². The minimum atomic E-state index is -0.0566. The average molecular weight is 378 g/mol. The van der Waals surface area contributed by atoms with Crippen LogP contribution in [0.5, 0.6) is 0 Å². The third-order valence-corrected chi connectivity index (χ3v) is 4.93. The Hall–Kier alpha value is -1.92. The van der Waals surface area contributed by atoms with E-state index in [1.165, 1.54) is 0 Å². The summed E-state index contributed by atoms with van der Waals surface area (Å²) in [5.74, 6) is 0.613. The summed E-state index contributed by atoms with van der Waals surface area (Å²) in [6.45, 7) is 3.18. The van der Waals surface area contributed by atoms with Gasteiger partial charge in [-0.25, -0.2) is 0 Å². The smallest absolute Gasteiger partial charge is 0.230 e. The fourth-order valence-corrected chi connectivity index (χ4v) is 3.44. The van der Waals surface area contributed by atoms with Gasteiger partial charge in [-0.15, -0.1) is 0 Å². The summed E-state index contributed by atoms with van der Waals surface area (Å²) in [6.07, 6.45) is 2.05. The first kappa shape index (κ1) is 17.9. The minimum absolute atomic E-state index is 0.0225. The van der Waals surface area contributed by atoms with Crippen molar-refractivity contribution in [2.45, 2.75) is 38.8 Å². The monoisotopic (exact) mass is 377 g/mol. The third-order valence-electron chi connectivity index (χ3n) is 4.26. The van der Waals surface area contributed by atoms with Crippen LogP contribution in [-0.2, 0) is 17.8 Å². The zero-order valence-corrected chi connectivity index (χ0v) is 15.6. The molecule has 25 heavy (non-hydrogen) atoms. The molecule has 0 aliphatic carbocycles. The number of hydrogen-bond acceptors (Lipinski definition) is 4. The van der Waals surface area contributed by atoms with Crippen LogP contribution in [0.3, 0.4) is 0 Å². The van der Waals surface area contributed by atoms with E-state index in [1.807, 2.05) is 36.1 Å². The highest BCUT2D eigenvalue weighted by Gasteiger charge is 2.32. The molecule has 132 valence electrons. The molecule has 5 nitrogen and oxygen atoms in total. The lowest BCUT2D eigenvalue weighted by molar-refractivity contribution is -0.130. The molecular formula is C18H20ClN3O2S. The second-order valence-corrected chi connectivity index (χ2v) is 7.08. The molecule has 0 saturated carbocycles. The summed E-state index contributed by atoms with van der Waals surface area (Å²) in [6, 6.07) is 9.36. The van der Waals surface area contributed by atoms with E-state index in [-0.39, 0.29) is 18.4 Å². The van der Waals surface area contributed by atoms with E-state index in [1.54, 1.807) is 6.07 Å². The fraction of sp³-hybridized carbons (Fsp3) is 0.389. The predicted octanol–water partition coefficient (Wildman–Crippen LogP) is 3.29. The van der Waals surface area contributed by atoms with Gasteiger partial charge >= 0.3 is 0 Å². The molecule has 2 heterocycles. The van der Waals surface area contributed by atoms with E-state index < -0.39 is 0 Å². The molecule has 1 N–H and O–H groups in total. The molecule has 1 fully saturated rings. The number of halogens is 1. The van der Waals surface area contributed by atoms with Crippen molar-refractivity contribution in [2.24, 2.45) is 0 Å². The van der Waals surface area contributed by atoms with Crippen molar-refractivity contribution in [3.8, 4) is 0 Å². The Labute approximate surface area is 157 Å². The quantitative estimate of drug-likeness (QED) is 0.810. The van der Waals surface area contributed by atoms with Gasteiger partial charge in [0.15, 0.2) is 0 Å². The second-order valence-electron chi connectivity index (χ2n) is 6.20. The number of likely N-dealkylation sites (tertiary alicyclic amines) is 1. The topological polar surface area (TPSA) is 58.4 Å². The highest BCUT2D eigenvalue weighted by Crippen LogP contribution is 2.20. The van der Waals surface area contributed by atoms with Gasteiger partial charge in [0.1, 0.15) is 5.76 Å². The first-order valence-corrected chi connectivity index (χ1v) is 9.05. The largest absolute Gasteiger partial charge is 0.374 e. The Bertz CT molecular complexity index is 760. The molecule has 1 saturated heterocycles. The minimum Gasteiger partial charge on any atom is -0.374 e. The van der Waals surface area contributed by atoms with Gasteiger partial charge in [-0.2, -0.15) is 0 Å². The number of nitrogens with zero attached hydrogens (tertiary/aromatic N) is 2.